The zero-order chi connectivity index (χ0) is 12.1. The first-order chi connectivity index (χ1) is 8.25. The van der Waals surface area contributed by atoms with E-state index in [-0.39, 0.29) is 0 Å². The molecule has 1 saturated carbocycles. The summed E-state index contributed by atoms with van der Waals surface area (Å²) >= 11 is 0. The highest BCUT2D eigenvalue weighted by Gasteiger charge is 2.18. The second-order valence-corrected chi connectivity index (χ2v) is 5.39. The minimum Gasteiger partial charge on any atom is -0.381 e. The molecular weight excluding hydrogens is 214 g/mol. The Hall–Kier alpha value is -0.770. The van der Waals surface area contributed by atoms with Gasteiger partial charge in [-0.2, -0.15) is 0 Å². The molecule has 0 radical (unpaired) electrons. The molecule has 1 atom stereocenters. The molecule has 98 valence electrons. The van der Waals surface area contributed by atoms with Crippen LogP contribution in [0.25, 0.3) is 0 Å². The second-order valence-electron chi connectivity index (χ2n) is 5.39. The molecule has 1 unspecified atom stereocenters. The minimum absolute atomic E-state index is 0.472. The van der Waals surface area contributed by atoms with E-state index in [0.717, 1.165) is 19.8 Å². The van der Waals surface area contributed by atoms with Gasteiger partial charge in [-0.25, -0.2) is 4.99 Å². The predicted octanol–water partition coefficient (Wildman–Crippen LogP) is 1.60. The Morgan fingerprint density at radius 3 is 2.71 bits per heavy atom. The average molecular weight is 239 g/mol. The molecule has 0 spiro atoms. The molecule has 0 aromatic carbocycles. The summed E-state index contributed by atoms with van der Waals surface area (Å²) in [6, 6.07) is 0.472. The average Bonchev–Trinajstić information content (AvgIpc) is 2.83. The number of hydrogen-bond acceptors (Lipinski definition) is 2. The number of nitrogens with two attached hydrogens (primary N) is 1. The molecule has 0 aromatic rings. The van der Waals surface area contributed by atoms with E-state index >= 15 is 0 Å². The van der Waals surface area contributed by atoms with Crippen molar-refractivity contribution < 1.29 is 4.74 Å². The summed E-state index contributed by atoms with van der Waals surface area (Å²) in [5.74, 6) is 1.33. The highest BCUT2D eigenvalue weighted by atomic mass is 16.5. The van der Waals surface area contributed by atoms with Crippen molar-refractivity contribution >= 4 is 5.96 Å². The van der Waals surface area contributed by atoms with Gasteiger partial charge in [0.2, 0.25) is 0 Å². The summed E-state index contributed by atoms with van der Waals surface area (Å²) < 4.78 is 5.49. The predicted molar refractivity (Wildman–Crippen MR) is 70.1 cm³/mol. The van der Waals surface area contributed by atoms with Gasteiger partial charge in [0.25, 0.3) is 0 Å². The third kappa shape index (κ3) is 3.87. The van der Waals surface area contributed by atoms with Crippen LogP contribution in [0.2, 0.25) is 0 Å². The van der Waals surface area contributed by atoms with E-state index < -0.39 is 0 Å². The Bertz CT molecular complexity index is 255. The molecule has 2 N–H and O–H groups in total. The number of rotatable bonds is 3. The van der Waals surface area contributed by atoms with Gasteiger partial charge in [-0.1, -0.05) is 12.8 Å². The van der Waals surface area contributed by atoms with Gasteiger partial charge in [-0.15, -0.1) is 0 Å². The molecule has 2 rings (SSSR count). The van der Waals surface area contributed by atoms with Crippen molar-refractivity contribution in [3.05, 3.63) is 0 Å². The molecule has 1 aliphatic carbocycles. The Balaban J connectivity index is 1.78. The van der Waals surface area contributed by atoms with Gasteiger partial charge in [0.1, 0.15) is 0 Å². The lowest BCUT2D eigenvalue weighted by Crippen LogP contribution is -2.40. The quantitative estimate of drug-likeness (QED) is 0.601. The van der Waals surface area contributed by atoms with Gasteiger partial charge >= 0.3 is 0 Å². The van der Waals surface area contributed by atoms with E-state index in [0.29, 0.717) is 17.9 Å². The lowest BCUT2D eigenvalue weighted by Gasteiger charge is -2.28. The largest absolute Gasteiger partial charge is 0.381 e. The van der Waals surface area contributed by atoms with Crippen LogP contribution in [-0.4, -0.2) is 43.7 Å². The van der Waals surface area contributed by atoms with Gasteiger partial charge in [0.05, 0.1) is 12.6 Å². The first-order valence-corrected chi connectivity index (χ1v) is 6.88. The number of hydrogen-bond donors (Lipinski definition) is 1. The second kappa shape index (κ2) is 6.24. The van der Waals surface area contributed by atoms with E-state index in [1.165, 1.54) is 38.5 Å². The zero-order valence-electron chi connectivity index (χ0n) is 10.9. The first-order valence-electron chi connectivity index (χ1n) is 6.88. The van der Waals surface area contributed by atoms with Gasteiger partial charge < -0.3 is 15.4 Å². The fraction of sp³-hybridized carbons (Fsp3) is 0.923. The van der Waals surface area contributed by atoms with Crippen LogP contribution in [0.5, 0.6) is 0 Å². The Morgan fingerprint density at radius 2 is 2.06 bits per heavy atom. The summed E-state index contributed by atoms with van der Waals surface area (Å²) in [6.07, 6.45) is 7.46. The van der Waals surface area contributed by atoms with E-state index in [1.54, 1.807) is 0 Å². The fourth-order valence-electron chi connectivity index (χ4n) is 2.75. The van der Waals surface area contributed by atoms with E-state index in [2.05, 4.69) is 9.89 Å². The molecule has 2 fully saturated rings. The van der Waals surface area contributed by atoms with Gasteiger partial charge in [-0.3, -0.25) is 0 Å². The maximum Gasteiger partial charge on any atom is 0.191 e. The third-order valence-corrected chi connectivity index (χ3v) is 3.82. The lowest BCUT2D eigenvalue weighted by atomic mass is 10.0. The van der Waals surface area contributed by atoms with Crippen molar-refractivity contribution in [3.63, 3.8) is 0 Å². The van der Waals surface area contributed by atoms with Crippen molar-refractivity contribution in [2.45, 2.75) is 44.6 Å². The van der Waals surface area contributed by atoms with Crippen molar-refractivity contribution in [2.75, 3.05) is 26.8 Å². The van der Waals surface area contributed by atoms with Crippen LogP contribution in [-0.2, 0) is 4.74 Å². The van der Waals surface area contributed by atoms with Gasteiger partial charge in [0, 0.05) is 20.2 Å². The minimum atomic E-state index is 0.472. The summed E-state index contributed by atoms with van der Waals surface area (Å²) in [4.78, 5) is 6.72. The topological polar surface area (TPSA) is 50.9 Å². The maximum absolute atomic E-state index is 6.05. The molecule has 2 aliphatic rings. The lowest BCUT2D eigenvalue weighted by molar-refractivity contribution is 0.0484. The molecule has 17 heavy (non-hydrogen) atoms. The van der Waals surface area contributed by atoms with Crippen LogP contribution in [0, 0.1) is 5.92 Å². The van der Waals surface area contributed by atoms with E-state index in [9.17, 15) is 0 Å². The number of guanidine groups is 1. The summed E-state index contributed by atoms with van der Waals surface area (Å²) in [5.41, 5.74) is 6.05. The molecule has 0 bridgehead atoms. The van der Waals surface area contributed by atoms with Crippen LogP contribution in [0.1, 0.15) is 38.5 Å². The van der Waals surface area contributed by atoms with Gasteiger partial charge in [0.15, 0.2) is 5.96 Å². The van der Waals surface area contributed by atoms with Crippen molar-refractivity contribution in [2.24, 2.45) is 16.6 Å². The molecule has 1 saturated heterocycles. The normalized spacial score (nSPS) is 27.4. The fourth-order valence-corrected chi connectivity index (χ4v) is 2.75. The summed E-state index contributed by atoms with van der Waals surface area (Å²) in [7, 11) is 2.04. The first kappa shape index (κ1) is 12.7. The number of ether oxygens (including phenoxy) is 1. The van der Waals surface area contributed by atoms with Crippen LogP contribution in [0.3, 0.4) is 0 Å². The van der Waals surface area contributed by atoms with Crippen molar-refractivity contribution in [3.8, 4) is 0 Å². The Labute approximate surface area is 104 Å². The molecule has 1 heterocycles. The summed E-state index contributed by atoms with van der Waals surface area (Å²) in [5, 5.41) is 0. The molecule has 1 aliphatic heterocycles. The van der Waals surface area contributed by atoms with Crippen LogP contribution in [0.4, 0.5) is 0 Å². The van der Waals surface area contributed by atoms with Crippen LogP contribution in [0.15, 0.2) is 4.99 Å². The van der Waals surface area contributed by atoms with Crippen LogP contribution < -0.4 is 5.73 Å². The standard InChI is InChI=1S/C13H25N3O/c1-16(9-11-5-4-8-17-10-11)13(14)15-12-6-2-3-7-12/h11-12H,2-10H2,1H3,(H2,14,15). The monoisotopic (exact) mass is 239 g/mol. The van der Waals surface area contributed by atoms with E-state index in [1.807, 2.05) is 7.05 Å². The third-order valence-electron chi connectivity index (χ3n) is 3.82. The zero-order valence-corrected chi connectivity index (χ0v) is 10.9. The van der Waals surface area contributed by atoms with E-state index in [4.69, 9.17) is 10.5 Å². The maximum atomic E-state index is 6.05. The van der Waals surface area contributed by atoms with Crippen LogP contribution >= 0.6 is 0 Å². The molecular formula is C13H25N3O. The molecule has 4 nitrogen and oxygen atoms in total. The highest BCUT2D eigenvalue weighted by molar-refractivity contribution is 5.78. The smallest absolute Gasteiger partial charge is 0.191 e. The Kier molecular flexibility index (Phi) is 4.66. The molecule has 4 heteroatoms. The summed E-state index contributed by atoms with van der Waals surface area (Å²) in [6.45, 7) is 2.77. The molecule has 0 aromatic heterocycles. The van der Waals surface area contributed by atoms with Crippen molar-refractivity contribution in [1.29, 1.82) is 0 Å². The highest BCUT2D eigenvalue weighted by Crippen LogP contribution is 2.21. The SMILES string of the molecule is CN(CC1CCCOC1)C(N)=NC1CCCC1. The molecule has 0 amide bonds. The van der Waals surface area contributed by atoms with Gasteiger partial charge in [-0.05, 0) is 31.6 Å². The number of nitrogens with zero attached hydrogens (tertiary/aromatic N) is 2. The van der Waals surface area contributed by atoms with Crippen molar-refractivity contribution in [1.82, 2.24) is 4.90 Å². The number of aliphatic imine (C=N–C) groups is 1. The Morgan fingerprint density at radius 1 is 1.29 bits per heavy atom.